The lowest BCUT2D eigenvalue weighted by Gasteiger charge is -2.07. The first-order chi connectivity index (χ1) is 8.69. The highest BCUT2D eigenvalue weighted by molar-refractivity contribution is 6.30. The second-order valence-corrected chi connectivity index (χ2v) is 4.15. The van der Waals surface area contributed by atoms with Gasteiger partial charge in [-0.25, -0.2) is 4.39 Å². The second-order valence-electron chi connectivity index (χ2n) is 3.71. The first-order valence-electron chi connectivity index (χ1n) is 5.31. The van der Waals surface area contributed by atoms with Gasteiger partial charge >= 0.3 is 0 Å². The van der Waals surface area contributed by atoms with Crippen molar-refractivity contribution >= 4 is 17.9 Å². The first kappa shape index (κ1) is 12.6. The fourth-order valence-electron chi connectivity index (χ4n) is 1.44. The molecular weight excluding hydrogens is 255 g/mol. The van der Waals surface area contributed by atoms with Gasteiger partial charge in [0.25, 0.3) is 0 Å². The Balaban J connectivity index is 2.04. The van der Waals surface area contributed by atoms with Crippen LogP contribution in [0.25, 0.3) is 0 Å². The SMILES string of the molecule is O=Cc1ccc(OCc2ccc(Cl)cc2F)cc1. The third kappa shape index (κ3) is 3.08. The number of hydrogen-bond acceptors (Lipinski definition) is 2. The molecule has 2 aromatic rings. The third-order valence-corrected chi connectivity index (χ3v) is 2.66. The molecule has 0 unspecified atom stereocenters. The lowest BCUT2D eigenvalue weighted by Crippen LogP contribution is -1.98. The van der Waals surface area contributed by atoms with Gasteiger partial charge in [-0.05, 0) is 36.4 Å². The molecule has 92 valence electrons. The van der Waals surface area contributed by atoms with E-state index in [9.17, 15) is 9.18 Å². The Kier molecular flexibility index (Phi) is 3.95. The summed E-state index contributed by atoms with van der Waals surface area (Å²) in [6, 6.07) is 11.0. The maximum Gasteiger partial charge on any atom is 0.150 e. The predicted molar refractivity (Wildman–Crippen MR) is 67.6 cm³/mol. The number of rotatable bonds is 4. The molecule has 0 fully saturated rings. The molecule has 0 atom stereocenters. The molecule has 0 bridgehead atoms. The fraction of sp³-hybridized carbons (Fsp3) is 0.0714. The van der Waals surface area contributed by atoms with Crippen LogP contribution in [0.15, 0.2) is 42.5 Å². The van der Waals surface area contributed by atoms with Crippen LogP contribution in [0.3, 0.4) is 0 Å². The fourth-order valence-corrected chi connectivity index (χ4v) is 1.60. The zero-order chi connectivity index (χ0) is 13.0. The highest BCUT2D eigenvalue weighted by Gasteiger charge is 2.04. The van der Waals surface area contributed by atoms with Crippen molar-refractivity contribution < 1.29 is 13.9 Å². The van der Waals surface area contributed by atoms with Crippen LogP contribution < -0.4 is 4.74 Å². The number of aldehydes is 1. The molecule has 0 amide bonds. The molecule has 0 heterocycles. The molecule has 0 N–H and O–H groups in total. The van der Waals surface area contributed by atoms with Crippen LogP contribution in [0, 0.1) is 5.82 Å². The maximum atomic E-state index is 13.5. The standard InChI is InChI=1S/C14H10ClFO2/c15-12-4-3-11(14(16)7-12)9-18-13-5-1-10(8-17)2-6-13/h1-8H,9H2. The molecule has 2 aromatic carbocycles. The molecule has 0 saturated heterocycles. The summed E-state index contributed by atoms with van der Waals surface area (Å²) in [6.45, 7) is 0.115. The highest BCUT2D eigenvalue weighted by Crippen LogP contribution is 2.17. The van der Waals surface area contributed by atoms with Gasteiger partial charge in [0.1, 0.15) is 24.5 Å². The summed E-state index contributed by atoms with van der Waals surface area (Å²) < 4.78 is 18.9. The van der Waals surface area contributed by atoms with Crippen molar-refractivity contribution in [2.24, 2.45) is 0 Å². The summed E-state index contributed by atoms with van der Waals surface area (Å²) in [6.07, 6.45) is 0.753. The minimum atomic E-state index is -0.396. The minimum Gasteiger partial charge on any atom is -0.489 e. The Morgan fingerprint density at radius 2 is 1.89 bits per heavy atom. The van der Waals surface area contributed by atoms with Crippen LogP contribution in [-0.4, -0.2) is 6.29 Å². The van der Waals surface area contributed by atoms with E-state index in [1.807, 2.05) is 0 Å². The van der Waals surface area contributed by atoms with E-state index in [2.05, 4.69) is 0 Å². The van der Waals surface area contributed by atoms with Crippen LogP contribution in [-0.2, 0) is 6.61 Å². The molecule has 2 nitrogen and oxygen atoms in total. The van der Waals surface area contributed by atoms with Crippen molar-refractivity contribution in [3.8, 4) is 5.75 Å². The van der Waals surface area contributed by atoms with Gasteiger partial charge in [-0.2, -0.15) is 0 Å². The first-order valence-corrected chi connectivity index (χ1v) is 5.69. The Bertz CT molecular complexity index is 552. The van der Waals surface area contributed by atoms with E-state index in [-0.39, 0.29) is 6.61 Å². The van der Waals surface area contributed by atoms with Crippen molar-refractivity contribution in [1.82, 2.24) is 0 Å². The largest absolute Gasteiger partial charge is 0.489 e. The quantitative estimate of drug-likeness (QED) is 0.784. The summed E-state index contributed by atoms with van der Waals surface area (Å²) in [4.78, 5) is 10.5. The Hall–Kier alpha value is -1.87. The molecule has 0 aliphatic rings. The van der Waals surface area contributed by atoms with Crippen LogP contribution in [0.2, 0.25) is 5.02 Å². The number of ether oxygens (including phenoxy) is 1. The van der Waals surface area contributed by atoms with E-state index in [0.29, 0.717) is 21.9 Å². The smallest absolute Gasteiger partial charge is 0.150 e. The van der Waals surface area contributed by atoms with Crippen LogP contribution >= 0.6 is 11.6 Å². The number of carbonyl (C=O) groups is 1. The maximum absolute atomic E-state index is 13.5. The summed E-state index contributed by atoms with van der Waals surface area (Å²) in [5.41, 5.74) is 0.999. The Labute approximate surface area is 109 Å². The van der Waals surface area contributed by atoms with E-state index in [1.54, 1.807) is 36.4 Å². The number of halogens is 2. The van der Waals surface area contributed by atoms with Gasteiger partial charge in [-0.1, -0.05) is 17.7 Å². The van der Waals surface area contributed by atoms with Crippen molar-refractivity contribution in [3.63, 3.8) is 0 Å². The van der Waals surface area contributed by atoms with Crippen molar-refractivity contribution in [2.45, 2.75) is 6.61 Å². The normalized spacial score (nSPS) is 10.1. The topological polar surface area (TPSA) is 26.3 Å². The van der Waals surface area contributed by atoms with Gasteiger partial charge < -0.3 is 4.74 Å². The summed E-state index contributed by atoms with van der Waals surface area (Å²) >= 11 is 5.65. The lowest BCUT2D eigenvalue weighted by atomic mass is 10.2. The van der Waals surface area contributed by atoms with Crippen molar-refractivity contribution in [2.75, 3.05) is 0 Å². The monoisotopic (exact) mass is 264 g/mol. The summed E-state index contributed by atoms with van der Waals surface area (Å²) in [7, 11) is 0. The number of benzene rings is 2. The van der Waals surface area contributed by atoms with E-state index >= 15 is 0 Å². The molecule has 2 rings (SSSR count). The van der Waals surface area contributed by atoms with Gasteiger partial charge in [0.2, 0.25) is 0 Å². The minimum absolute atomic E-state index is 0.115. The Morgan fingerprint density at radius 3 is 2.50 bits per heavy atom. The molecule has 4 heteroatoms. The van der Waals surface area contributed by atoms with Gasteiger partial charge in [-0.15, -0.1) is 0 Å². The van der Waals surface area contributed by atoms with E-state index in [1.165, 1.54) is 6.07 Å². The molecule has 0 aliphatic heterocycles. The van der Waals surface area contributed by atoms with E-state index in [0.717, 1.165) is 6.29 Å². The highest BCUT2D eigenvalue weighted by atomic mass is 35.5. The third-order valence-electron chi connectivity index (χ3n) is 2.43. The van der Waals surface area contributed by atoms with Crippen LogP contribution in [0.4, 0.5) is 4.39 Å². The molecule has 18 heavy (non-hydrogen) atoms. The van der Waals surface area contributed by atoms with Gasteiger partial charge in [0, 0.05) is 16.1 Å². The lowest BCUT2D eigenvalue weighted by molar-refractivity contribution is 0.112. The summed E-state index contributed by atoms with van der Waals surface area (Å²) in [5.74, 6) is 0.182. The molecule has 0 spiro atoms. The summed E-state index contributed by atoms with van der Waals surface area (Å²) in [5, 5.41) is 0.353. The molecule has 0 aromatic heterocycles. The van der Waals surface area contributed by atoms with Crippen molar-refractivity contribution in [3.05, 3.63) is 64.4 Å². The van der Waals surface area contributed by atoms with Gasteiger partial charge in [0.05, 0.1) is 0 Å². The van der Waals surface area contributed by atoms with Crippen LogP contribution in [0.1, 0.15) is 15.9 Å². The zero-order valence-electron chi connectivity index (χ0n) is 9.40. The van der Waals surface area contributed by atoms with Gasteiger partial charge in [-0.3, -0.25) is 4.79 Å². The molecule has 0 saturated carbocycles. The average Bonchev–Trinajstić information content (AvgIpc) is 2.38. The average molecular weight is 265 g/mol. The zero-order valence-corrected chi connectivity index (χ0v) is 10.2. The van der Waals surface area contributed by atoms with E-state index < -0.39 is 5.82 Å². The predicted octanol–water partition coefficient (Wildman–Crippen LogP) is 3.87. The molecule has 0 radical (unpaired) electrons. The second kappa shape index (κ2) is 5.65. The number of carbonyl (C=O) groups excluding carboxylic acids is 1. The van der Waals surface area contributed by atoms with Crippen LogP contribution in [0.5, 0.6) is 5.75 Å². The van der Waals surface area contributed by atoms with Crippen molar-refractivity contribution in [1.29, 1.82) is 0 Å². The molecule has 0 aliphatic carbocycles. The number of hydrogen-bond donors (Lipinski definition) is 0. The molecular formula is C14H10ClFO2. The van der Waals surface area contributed by atoms with E-state index in [4.69, 9.17) is 16.3 Å². The van der Waals surface area contributed by atoms with Gasteiger partial charge in [0.15, 0.2) is 0 Å². The Morgan fingerprint density at radius 1 is 1.17 bits per heavy atom.